The van der Waals surface area contributed by atoms with Gasteiger partial charge in [0.25, 0.3) is 5.91 Å². The number of aromatic nitrogens is 2. The van der Waals surface area contributed by atoms with Gasteiger partial charge in [-0.25, -0.2) is 9.97 Å². The van der Waals surface area contributed by atoms with Gasteiger partial charge >= 0.3 is 5.92 Å². The van der Waals surface area contributed by atoms with E-state index in [2.05, 4.69) is 15.7 Å². The molecule has 0 aliphatic carbocycles. The lowest BCUT2D eigenvalue weighted by Gasteiger charge is -2.10. The number of hydrogen-bond acceptors (Lipinski definition) is 3. The van der Waals surface area contributed by atoms with Gasteiger partial charge in [0.1, 0.15) is 6.33 Å². The molecule has 4 nitrogen and oxygen atoms in total. The van der Waals surface area contributed by atoms with E-state index in [0.29, 0.717) is 0 Å². The molecule has 12 heavy (non-hydrogen) atoms. The number of nitrogens with two attached hydrogens (primary N) is 1. The maximum atomic E-state index is 12.7. The maximum Gasteiger partial charge on any atom is 0.352 e. The minimum Gasteiger partial charge on any atom is -0.364 e. The molecule has 0 aromatic carbocycles. The van der Waals surface area contributed by atoms with Gasteiger partial charge in [-0.3, -0.25) is 4.79 Å². The summed E-state index contributed by atoms with van der Waals surface area (Å²) in [5.74, 6) is -5.40. The van der Waals surface area contributed by atoms with E-state index in [-0.39, 0.29) is 0 Å². The Morgan fingerprint density at radius 1 is 1.42 bits per heavy atom. The maximum absolute atomic E-state index is 12.7. The van der Waals surface area contributed by atoms with Crippen LogP contribution >= 0.6 is 0 Å². The van der Waals surface area contributed by atoms with Crippen LogP contribution in [0.25, 0.3) is 0 Å². The quantitative estimate of drug-likeness (QED) is 0.687. The summed E-state index contributed by atoms with van der Waals surface area (Å²) in [6.45, 7) is 0. The summed E-state index contributed by atoms with van der Waals surface area (Å²) in [5, 5.41) is 0. The average Bonchev–Trinajstić information content (AvgIpc) is 2.06. The second-order valence-corrected chi connectivity index (χ2v) is 2.07. The number of carbonyl (C=O) groups is 1. The van der Waals surface area contributed by atoms with Crippen LogP contribution in [0.3, 0.4) is 0 Å². The molecule has 1 heterocycles. The van der Waals surface area contributed by atoms with Crippen LogP contribution in [0.2, 0.25) is 0 Å². The molecule has 1 aromatic heterocycles. The zero-order valence-electron chi connectivity index (χ0n) is 5.87. The Balaban J connectivity index is 3.06. The van der Waals surface area contributed by atoms with Crippen molar-refractivity contribution in [2.75, 3.05) is 0 Å². The molecule has 0 aliphatic rings. The van der Waals surface area contributed by atoms with Crippen molar-refractivity contribution in [3.63, 3.8) is 0 Å². The van der Waals surface area contributed by atoms with Crippen molar-refractivity contribution in [1.82, 2.24) is 9.97 Å². The van der Waals surface area contributed by atoms with Crippen molar-refractivity contribution in [2.24, 2.45) is 5.73 Å². The first-order valence-corrected chi connectivity index (χ1v) is 2.98. The monoisotopic (exact) mass is 173 g/mol. The first kappa shape index (κ1) is 8.51. The van der Waals surface area contributed by atoms with Crippen molar-refractivity contribution < 1.29 is 13.6 Å². The summed E-state index contributed by atoms with van der Waals surface area (Å²) < 4.78 is 25.4. The van der Waals surface area contributed by atoms with E-state index in [0.717, 1.165) is 18.7 Å². The first-order valence-electron chi connectivity index (χ1n) is 2.98. The van der Waals surface area contributed by atoms with Gasteiger partial charge in [-0.15, -0.1) is 0 Å². The molecule has 0 saturated heterocycles. The Kier molecular flexibility index (Phi) is 1.99. The average molecular weight is 173 g/mol. The predicted octanol–water partition coefficient (Wildman–Crippen LogP) is 0.0537. The van der Waals surface area contributed by atoms with Crippen LogP contribution in [0, 0.1) is 0 Å². The van der Waals surface area contributed by atoms with Gasteiger partial charge in [0.2, 0.25) is 0 Å². The Morgan fingerprint density at radius 3 is 2.33 bits per heavy atom. The summed E-state index contributed by atoms with van der Waals surface area (Å²) in [5.41, 5.74) is 3.86. The normalized spacial score (nSPS) is 11.2. The van der Waals surface area contributed by atoms with Crippen molar-refractivity contribution >= 4 is 5.91 Å². The molecule has 0 spiro atoms. The van der Waals surface area contributed by atoms with E-state index in [4.69, 9.17) is 0 Å². The minimum absolute atomic E-state index is 0.600. The SMILES string of the molecule is NC(=O)C(F)(F)c1cncnc1. The summed E-state index contributed by atoms with van der Waals surface area (Å²) in [6, 6.07) is 0. The third-order valence-electron chi connectivity index (χ3n) is 1.23. The fraction of sp³-hybridized carbons (Fsp3) is 0.167. The number of hydrogen-bond donors (Lipinski definition) is 1. The van der Waals surface area contributed by atoms with Crippen LogP contribution in [0.1, 0.15) is 5.56 Å². The molecule has 1 amide bonds. The van der Waals surface area contributed by atoms with E-state index >= 15 is 0 Å². The van der Waals surface area contributed by atoms with Crippen LogP contribution < -0.4 is 5.73 Å². The van der Waals surface area contributed by atoms with Crippen molar-refractivity contribution in [2.45, 2.75) is 5.92 Å². The summed E-state index contributed by atoms with van der Waals surface area (Å²) in [7, 11) is 0. The molecule has 2 N–H and O–H groups in total. The highest BCUT2D eigenvalue weighted by Crippen LogP contribution is 2.25. The molecular weight excluding hydrogens is 168 g/mol. The Bertz CT molecular complexity index is 288. The van der Waals surface area contributed by atoms with Crippen LogP contribution in [0.15, 0.2) is 18.7 Å². The summed E-state index contributed by atoms with van der Waals surface area (Å²) >= 11 is 0. The van der Waals surface area contributed by atoms with E-state index in [1.54, 1.807) is 0 Å². The molecule has 1 aromatic rings. The molecular formula is C6H5F2N3O. The Morgan fingerprint density at radius 2 is 1.92 bits per heavy atom. The van der Waals surface area contributed by atoms with Crippen molar-refractivity contribution in [3.05, 3.63) is 24.3 Å². The number of carbonyl (C=O) groups excluding carboxylic acids is 1. The molecule has 64 valence electrons. The third-order valence-corrected chi connectivity index (χ3v) is 1.23. The third kappa shape index (κ3) is 1.36. The molecule has 0 saturated carbocycles. The Hall–Kier alpha value is -1.59. The Labute approximate surface area is 66.4 Å². The van der Waals surface area contributed by atoms with Gasteiger partial charge in [0.05, 0.1) is 5.56 Å². The zero-order chi connectivity index (χ0) is 9.19. The van der Waals surface area contributed by atoms with Gasteiger partial charge in [-0.05, 0) is 0 Å². The standard InChI is InChI=1S/C6H5F2N3O/c7-6(8,5(9)12)4-1-10-3-11-2-4/h1-3H,(H2,9,12). The van der Waals surface area contributed by atoms with Gasteiger partial charge in [0.15, 0.2) is 0 Å². The largest absolute Gasteiger partial charge is 0.364 e. The fourth-order valence-electron chi connectivity index (χ4n) is 0.603. The van der Waals surface area contributed by atoms with Crippen LogP contribution in [-0.2, 0) is 10.7 Å². The second kappa shape index (κ2) is 2.80. The first-order chi connectivity index (χ1) is 5.55. The smallest absolute Gasteiger partial charge is 0.352 e. The molecule has 1 rings (SSSR count). The highest BCUT2D eigenvalue weighted by Gasteiger charge is 2.39. The van der Waals surface area contributed by atoms with Crippen LogP contribution in [0.4, 0.5) is 8.78 Å². The van der Waals surface area contributed by atoms with Gasteiger partial charge in [-0.2, -0.15) is 8.78 Å². The molecule has 0 unspecified atom stereocenters. The van der Waals surface area contributed by atoms with Gasteiger partial charge in [0, 0.05) is 12.4 Å². The number of primary amides is 1. The molecule has 0 atom stereocenters. The predicted molar refractivity (Wildman–Crippen MR) is 35.1 cm³/mol. The van der Waals surface area contributed by atoms with Crippen molar-refractivity contribution in [1.29, 1.82) is 0 Å². The lowest BCUT2D eigenvalue weighted by Crippen LogP contribution is -2.33. The lowest BCUT2D eigenvalue weighted by molar-refractivity contribution is -0.143. The lowest BCUT2D eigenvalue weighted by atomic mass is 10.2. The summed E-state index contributed by atoms with van der Waals surface area (Å²) in [6.07, 6.45) is 2.77. The van der Waals surface area contributed by atoms with E-state index in [1.165, 1.54) is 0 Å². The van der Waals surface area contributed by atoms with E-state index < -0.39 is 17.4 Å². The second-order valence-electron chi connectivity index (χ2n) is 2.07. The number of nitrogens with zero attached hydrogens (tertiary/aromatic N) is 2. The van der Waals surface area contributed by atoms with Crippen molar-refractivity contribution in [3.8, 4) is 0 Å². The number of amides is 1. The topological polar surface area (TPSA) is 68.9 Å². The molecule has 0 fully saturated rings. The number of halogens is 2. The number of rotatable bonds is 2. The number of alkyl halides is 2. The fourth-order valence-corrected chi connectivity index (χ4v) is 0.603. The highest BCUT2D eigenvalue weighted by atomic mass is 19.3. The molecule has 0 radical (unpaired) electrons. The van der Waals surface area contributed by atoms with Crippen LogP contribution in [0.5, 0.6) is 0 Å². The molecule has 0 bridgehead atoms. The molecule has 0 aliphatic heterocycles. The minimum atomic E-state index is -3.69. The van der Waals surface area contributed by atoms with E-state index in [1.807, 2.05) is 0 Å². The van der Waals surface area contributed by atoms with Gasteiger partial charge < -0.3 is 5.73 Å². The van der Waals surface area contributed by atoms with E-state index in [9.17, 15) is 13.6 Å². The van der Waals surface area contributed by atoms with Crippen LogP contribution in [-0.4, -0.2) is 15.9 Å². The summed E-state index contributed by atoms with van der Waals surface area (Å²) in [4.78, 5) is 16.9. The molecule has 6 heteroatoms. The highest BCUT2D eigenvalue weighted by molar-refractivity contribution is 5.82. The zero-order valence-corrected chi connectivity index (χ0v) is 5.87. The van der Waals surface area contributed by atoms with Gasteiger partial charge in [-0.1, -0.05) is 0 Å².